The van der Waals surface area contributed by atoms with Crippen LogP contribution in [0.2, 0.25) is 0 Å². The SMILES string of the molecule is CC(C)(C)NC(=O)CCNC(=O)NC1CCC1. The summed E-state index contributed by atoms with van der Waals surface area (Å²) in [6.07, 6.45) is 3.64. The molecule has 0 saturated heterocycles. The Labute approximate surface area is 103 Å². The van der Waals surface area contributed by atoms with Gasteiger partial charge in [-0.1, -0.05) is 0 Å². The second-order valence-corrected chi connectivity index (χ2v) is 5.58. The van der Waals surface area contributed by atoms with E-state index in [1.54, 1.807) is 0 Å². The lowest BCUT2D eigenvalue weighted by Crippen LogP contribution is -2.46. The van der Waals surface area contributed by atoms with Crippen LogP contribution in [0.3, 0.4) is 0 Å². The molecule has 0 aromatic heterocycles. The van der Waals surface area contributed by atoms with E-state index in [9.17, 15) is 9.59 Å². The molecule has 5 heteroatoms. The van der Waals surface area contributed by atoms with Crippen molar-refractivity contribution in [1.29, 1.82) is 0 Å². The molecule has 1 fully saturated rings. The number of carbonyl (C=O) groups is 2. The number of carbonyl (C=O) groups excluding carboxylic acids is 2. The van der Waals surface area contributed by atoms with Crippen molar-refractivity contribution in [3.63, 3.8) is 0 Å². The molecule has 1 aliphatic carbocycles. The van der Waals surface area contributed by atoms with E-state index in [0.29, 0.717) is 19.0 Å². The van der Waals surface area contributed by atoms with Crippen LogP contribution in [-0.2, 0) is 4.79 Å². The van der Waals surface area contributed by atoms with Gasteiger partial charge in [0.1, 0.15) is 0 Å². The van der Waals surface area contributed by atoms with Crippen LogP contribution >= 0.6 is 0 Å². The first kappa shape index (κ1) is 13.8. The highest BCUT2D eigenvalue weighted by Gasteiger charge is 2.19. The highest BCUT2D eigenvalue weighted by Crippen LogP contribution is 2.17. The van der Waals surface area contributed by atoms with E-state index in [2.05, 4.69) is 16.0 Å². The Balaban J connectivity index is 2.06. The topological polar surface area (TPSA) is 70.2 Å². The van der Waals surface area contributed by atoms with E-state index in [1.807, 2.05) is 20.8 Å². The summed E-state index contributed by atoms with van der Waals surface area (Å²) >= 11 is 0. The number of urea groups is 1. The maximum Gasteiger partial charge on any atom is 0.315 e. The zero-order valence-electron chi connectivity index (χ0n) is 10.9. The molecule has 3 amide bonds. The van der Waals surface area contributed by atoms with Crippen molar-refractivity contribution < 1.29 is 9.59 Å². The van der Waals surface area contributed by atoms with Gasteiger partial charge in [-0.2, -0.15) is 0 Å². The molecule has 1 saturated carbocycles. The van der Waals surface area contributed by atoms with Crippen LogP contribution < -0.4 is 16.0 Å². The Morgan fingerprint density at radius 3 is 2.35 bits per heavy atom. The molecule has 0 bridgehead atoms. The van der Waals surface area contributed by atoms with Crippen molar-refractivity contribution in [2.24, 2.45) is 0 Å². The van der Waals surface area contributed by atoms with Crippen LogP contribution in [0, 0.1) is 0 Å². The number of amides is 3. The summed E-state index contributed by atoms with van der Waals surface area (Å²) in [6.45, 7) is 6.17. The number of nitrogens with one attached hydrogen (secondary N) is 3. The average molecular weight is 241 g/mol. The minimum Gasteiger partial charge on any atom is -0.351 e. The largest absolute Gasteiger partial charge is 0.351 e. The van der Waals surface area contributed by atoms with Gasteiger partial charge in [0, 0.05) is 24.5 Å². The second kappa shape index (κ2) is 5.89. The molecule has 3 N–H and O–H groups in total. The molecule has 0 radical (unpaired) electrons. The summed E-state index contributed by atoms with van der Waals surface area (Å²) in [6, 6.07) is 0.164. The van der Waals surface area contributed by atoms with Crippen LogP contribution in [-0.4, -0.2) is 30.1 Å². The summed E-state index contributed by atoms with van der Waals surface area (Å²) < 4.78 is 0. The molecule has 98 valence electrons. The number of hydrogen-bond donors (Lipinski definition) is 3. The van der Waals surface area contributed by atoms with Crippen LogP contribution in [0.4, 0.5) is 4.79 Å². The average Bonchev–Trinajstić information content (AvgIpc) is 2.08. The van der Waals surface area contributed by atoms with Crippen LogP contribution in [0.25, 0.3) is 0 Å². The highest BCUT2D eigenvalue weighted by atomic mass is 16.2. The maximum atomic E-state index is 11.4. The first-order chi connectivity index (χ1) is 7.87. The molecule has 0 unspecified atom stereocenters. The highest BCUT2D eigenvalue weighted by molar-refractivity contribution is 5.78. The summed E-state index contributed by atoms with van der Waals surface area (Å²) in [7, 11) is 0. The Morgan fingerprint density at radius 2 is 1.88 bits per heavy atom. The van der Waals surface area contributed by atoms with Gasteiger partial charge in [0.2, 0.25) is 5.91 Å². The van der Waals surface area contributed by atoms with Crippen molar-refractivity contribution in [2.75, 3.05) is 6.54 Å². The molecular weight excluding hydrogens is 218 g/mol. The molecule has 17 heavy (non-hydrogen) atoms. The predicted octanol–water partition coefficient (Wildman–Crippen LogP) is 1.14. The van der Waals surface area contributed by atoms with E-state index >= 15 is 0 Å². The van der Waals surface area contributed by atoms with Gasteiger partial charge in [0.05, 0.1) is 0 Å². The van der Waals surface area contributed by atoms with E-state index in [4.69, 9.17) is 0 Å². The van der Waals surface area contributed by atoms with Gasteiger partial charge in [-0.05, 0) is 40.0 Å². The quantitative estimate of drug-likeness (QED) is 0.691. The van der Waals surface area contributed by atoms with Gasteiger partial charge in [-0.15, -0.1) is 0 Å². The lowest BCUT2D eigenvalue weighted by atomic mass is 9.93. The minimum absolute atomic E-state index is 0.0403. The lowest BCUT2D eigenvalue weighted by Gasteiger charge is -2.26. The van der Waals surface area contributed by atoms with Crippen molar-refractivity contribution in [2.45, 2.75) is 58.0 Å². The summed E-state index contributed by atoms with van der Waals surface area (Å²) in [5, 5.41) is 8.39. The van der Waals surface area contributed by atoms with Crippen LogP contribution in [0.15, 0.2) is 0 Å². The number of hydrogen-bond acceptors (Lipinski definition) is 2. The fourth-order valence-corrected chi connectivity index (χ4v) is 1.56. The third-order valence-electron chi connectivity index (χ3n) is 2.59. The fourth-order valence-electron chi connectivity index (χ4n) is 1.56. The van der Waals surface area contributed by atoms with E-state index < -0.39 is 0 Å². The van der Waals surface area contributed by atoms with E-state index in [-0.39, 0.29) is 17.5 Å². The molecule has 0 aliphatic heterocycles. The zero-order chi connectivity index (χ0) is 12.9. The third-order valence-corrected chi connectivity index (χ3v) is 2.59. The van der Waals surface area contributed by atoms with Gasteiger partial charge in [-0.3, -0.25) is 4.79 Å². The molecule has 0 aromatic carbocycles. The molecule has 5 nitrogen and oxygen atoms in total. The van der Waals surface area contributed by atoms with Gasteiger partial charge in [-0.25, -0.2) is 4.79 Å². The Hall–Kier alpha value is -1.26. The van der Waals surface area contributed by atoms with Crippen molar-refractivity contribution in [3.8, 4) is 0 Å². The standard InChI is InChI=1S/C12H23N3O2/c1-12(2,3)15-10(16)7-8-13-11(17)14-9-5-4-6-9/h9H,4-8H2,1-3H3,(H,15,16)(H2,13,14,17). The van der Waals surface area contributed by atoms with Gasteiger partial charge < -0.3 is 16.0 Å². The molecule has 1 rings (SSSR count). The predicted molar refractivity (Wildman–Crippen MR) is 66.7 cm³/mol. The Kier molecular flexibility index (Phi) is 4.78. The second-order valence-electron chi connectivity index (χ2n) is 5.58. The van der Waals surface area contributed by atoms with Crippen LogP contribution in [0.1, 0.15) is 46.5 Å². The van der Waals surface area contributed by atoms with Gasteiger partial charge in [0.25, 0.3) is 0 Å². The minimum atomic E-state index is -0.217. The molecule has 0 aromatic rings. The first-order valence-electron chi connectivity index (χ1n) is 6.22. The third kappa shape index (κ3) is 6.14. The summed E-state index contributed by atoms with van der Waals surface area (Å²) in [5.74, 6) is -0.0403. The first-order valence-corrected chi connectivity index (χ1v) is 6.22. The van der Waals surface area contributed by atoms with Crippen molar-refractivity contribution in [3.05, 3.63) is 0 Å². The lowest BCUT2D eigenvalue weighted by molar-refractivity contribution is -0.122. The van der Waals surface area contributed by atoms with Crippen molar-refractivity contribution in [1.82, 2.24) is 16.0 Å². The van der Waals surface area contributed by atoms with Crippen molar-refractivity contribution >= 4 is 11.9 Å². The molecule has 0 atom stereocenters. The molecular formula is C12H23N3O2. The smallest absolute Gasteiger partial charge is 0.315 e. The van der Waals surface area contributed by atoms with E-state index in [0.717, 1.165) is 12.8 Å². The summed E-state index contributed by atoms with van der Waals surface area (Å²) in [4.78, 5) is 22.8. The molecule has 1 aliphatic rings. The Morgan fingerprint density at radius 1 is 1.24 bits per heavy atom. The fraction of sp³-hybridized carbons (Fsp3) is 0.833. The maximum absolute atomic E-state index is 11.4. The van der Waals surface area contributed by atoms with Gasteiger partial charge in [0.15, 0.2) is 0 Å². The molecule has 0 heterocycles. The monoisotopic (exact) mass is 241 g/mol. The molecule has 0 spiro atoms. The van der Waals surface area contributed by atoms with Crippen LogP contribution in [0.5, 0.6) is 0 Å². The summed E-state index contributed by atoms with van der Waals surface area (Å²) in [5.41, 5.74) is -0.217. The zero-order valence-corrected chi connectivity index (χ0v) is 10.9. The Bertz CT molecular complexity index is 280. The normalized spacial score (nSPS) is 15.9. The van der Waals surface area contributed by atoms with Gasteiger partial charge >= 0.3 is 6.03 Å². The van der Waals surface area contributed by atoms with E-state index in [1.165, 1.54) is 6.42 Å². The number of rotatable bonds is 4.